The number of furan rings is 1. The second-order valence-electron chi connectivity index (χ2n) is 5.24. The molecule has 0 aromatic carbocycles. The molecule has 2 aromatic rings. The molecule has 0 unspecified atom stereocenters. The van der Waals surface area contributed by atoms with Gasteiger partial charge in [0, 0.05) is 19.1 Å². The Morgan fingerprint density at radius 3 is 2.82 bits per heavy atom. The Hall–Kier alpha value is -2.34. The van der Waals surface area contributed by atoms with Gasteiger partial charge in [0.15, 0.2) is 0 Å². The largest absolute Gasteiger partial charge is 0.467 e. The molecule has 1 aliphatic heterocycles. The molecule has 6 heteroatoms. The number of amides is 1. The van der Waals surface area contributed by atoms with Gasteiger partial charge in [0.2, 0.25) is 5.91 Å². The number of anilines is 2. The van der Waals surface area contributed by atoms with Gasteiger partial charge >= 0.3 is 0 Å². The molecule has 3 heterocycles. The van der Waals surface area contributed by atoms with Crippen molar-refractivity contribution in [3.8, 4) is 0 Å². The maximum Gasteiger partial charge on any atom is 0.227 e. The van der Waals surface area contributed by atoms with E-state index in [0.717, 1.165) is 24.4 Å². The van der Waals surface area contributed by atoms with E-state index in [0.29, 0.717) is 25.4 Å². The van der Waals surface area contributed by atoms with Crippen molar-refractivity contribution in [3.63, 3.8) is 0 Å². The lowest BCUT2D eigenvalue weighted by atomic mass is 9.99. The summed E-state index contributed by atoms with van der Waals surface area (Å²) < 4.78 is 10.5. The zero-order chi connectivity index (χ0) is 15.2. The van der Waals surface area contributed by atoms with E-state index in [1.807, 2.05) is 24.3 Å². The molecule has 0 aliphatic carbocycles. The summed E-state index contributed by atoms with van der Waals surface area (Å²) in [6.07, 6.45) is 4.85. The van der Waals surface area contributed by atoms with Gasteiger partial charge in [-0.3, -0.25) is 4.79 Å². The van der Waals surface area contributed by atoms with Crippen LogP contribution in [0.5, 0.6) is 0 Å². The molecule has 0 bridgehead atoms. The number of hydrogen-bond donors (Lipinski definition) is 2. The van der Waals surface area contributed by atoms with Gasteiger partial charge in [0.1, 0.15) is 11.6 Å². The van der Waals surface area contributed by atoms with E-state index < -0.39 is 0 Å². The molecule has 0 atom stereocenters. The second-order valence-corrected chi connectivity index (χ2v) is 5.24. The van der Waals surface area contributed by atoms with Crippen molar-refractivity contribution >= 4 is 17.4 Å². The minimum absolute atomic E-state index is 0.0329. The molecule has 1 saturated heterocycles. The first-order valence-corrected chi connectivity index (χ1v) is 7.42. The molecule has 2 aromatic heterocycles. The fourth-order valence-corrected chi connectivity index (χ4v) is 2.37. The van der Waals surface area contributed by atoms with E-state index in [4.69, 9.17) is 9.15 Å². The summed E-state index contributed by atoms with van der Waals surface area (Å²) in [5.74, 6) is 1.66. The predicted octanol–water partition coefficient (Wildman–Crippen LogP) is 2.65. The van der Waals surface area contributed by atoms with Crippen molar-refractivity contribution < 1.29 is 13.9 Å². The Balaban J connectivity index is 1.51. The van der Waals surface area contributed by atoms with E-state index in [2.05, 4.69) is 15.6 Å². The average Bonchev–Trinajstić information content (AvgIpc) is 3.08. The van der Waals surface area contributed by atoms with Gasteiger partial charge in [0.25, 0.3) is 0 Å². The van der Waals surface area contributed by atoms with Crippen LogP contribution in [0.25, 0.3) is 0 Å². The van der Waals surface area contributed by atoms with Crippen molar-refractivity contribution in [3.05, 3.63) is 42.5 Å². The predicted molar refractivity (Wildman–Crippen MR) is 82.4 cm³/mol. The lowest BCUT2D eigenvalue weighted by molar-refractivity contribution is -0.122. The average molecular weight is 301 g/mol. The third kappa shape index (κ3) is 3.85. The van der Waals surface area contributed by atoms with E-state index in [1.165, 1.54) is 0 Å². The number of hydrogen-bond acceptors (Lipinski definition) is 5. The SMILES string of the molecule is O=C(Nc1ccc(NCc2ccco2)nc1)C1CCOCC1. The first kappa shape index (κ1) is 14.6. The first-order valence-electron chi connectivity index (χ1n) is 7.42. The van der Waals surface area contributed by atoms with Crippen molar-refractivity contribution in [1.29, 1.82) is 0 Å². The number of carbonyl (C=O) groups excluding carboxylic acids is 1. The maximum absolute atomic E-state index is 12.1. The van der Waals surface area contributed by atoms with Crippen molar-refractivity contribution in [2.24, 2.45) is 5.92 Å². The van der Waals surface area contributed by atoms with E-state index in [9.17, 15) is 4.79 Å². The highest BCUT2D eigenvalue weighted by atomic mass is 16.5. The van der Waals surface area contributed by atoms with E-state index >= 15 is 0 Å². The molecule has 1 aliphatic rings. The summed E-state index contributed by atoms with van der Waals surface area (Å²) in [7, 11) is 0. The summed E-state index contributed by atoms with van der Waals surface area (Å²) >= 11 is 0. The number of pyridine rings is 1. The van der Waals surface area contributed by atoms with Crippen molar-refractivity contribution in [1.82, 2.24) is 4.98 Å². The third-order valence-corrected chi connectivity index (χ3v) is 3.65. The maximum atomic E-state index is 12.1. The molecular formula is C16H19N3O3. The molecule has 22 heavy (non-hydrogen) atoms. The summed E-state index contributed by atoms with van der Waals surface area (Å²) in [5.41, 5.74) is 0.708. The summed E-state index contributed by atoms with van der Waals surface area (Å²) in [5, 5.41) is 6.06. The number of rotatable bonds is 5. The monoisotopic (exact) mass is 301 g/mol. The van der Waals surface area contributed by atoms with Gasteiger partial charge < -0.3 is 19.8 Å². The second kappa shape index (κ2) is 7.09. The highest BCUT2D eigenvalue weighted by Gasteiger charge is 2.21. The van der Waals surface area contributed by atoms with Gasteiger partial charge in [-0.25, -0.2) is 4.98 Å². The van der Waals surface area contributed by atoms with Crippen LogP contribution in [0.2, 0.25) is 0 Å². The minimum atomic E-state index is 0.0329. The Bertz CT molecular complexity index is 590. The molecule has 3 rings (SSSR count). The Morgan fingerprint density at radius 1 is 1.27 bits per heavy atom. The van der Waals surface area contributed by atoms with Gasteiger partial charge in [0.05, 0.1) is 24.7 Å². The Labute approximate surface area is 128 Å². The Kier molecular flexibility index (Phi) is 4.70. The van der Waals surface area contributed by atoms with Crippen molar-refractivity contribution in [2.75, 3.05) is 23.8 Å². The van der Waals surface area contributed by atoms with Crippen LogP contribution in [-0.2, 0) is 16.1 Å². The number of nitrogens with zero attached hydrogens (tertiary/aromatic N) is 1. The molecule has 0 saturated carbocycles. The van der Waals surface area contributed by atoms with Crippen LogP contribution in [0.4, 0.5) is 11.5 Å². The molecular weight excluding hydrogens is 282 g/mol. The zero-order valence-corrected chi connectivity index (χ0v) is 12.2. The van der Waals surface area contributed by atoms with Gasteiger partial charge in [-0.2, -0.15) is 0 Å². The normalized spacial score (nSPS) is 15.5. The number of carbonyl (C=O) groups is 1. The van der Waals surface area contributed by atoms with Crippen LogP contribution in [0.15, 0.2) is 41.1 Å². The van der Waals surface area contributed by atoms with Crippen molar-refractivity contribution in [2.45, 2.75) is 19.4 Å². The van der Waals surface area contributed by atoms with E-state index in [-0.39, 0.29) is 11.8 Å². The van der Waals surface area contributed by atoms with Gasteiger partial charge in [-0.15, -0.1) is 0 Å². The fourth-order valence-electron chi connectivity index (χ4n) is 2.37. The summed E-state index contributed by atoms with van der Waals surface area (Å²) in [6.45, 7) is 1.89. The van der Waals surface area contributed by atoms with Crippen LogP contribution in [-0.4, -0.2) is 24.1 Å². The quantitative estimate of drug-likeness (QED) is 0.888. The molecule has 0 spiro atoms. The lowest BCUT2D eigenvalue weighted by Gasteiger charge is -2.21. The third-order valence-electron chi connectivity index (χ3n) is 3.65. The summed E-state index contributed by atoms with van der Waals surface area (Å²) in [4.78, 5) is 16.4. The smallest absolute Gasteiger partial charge is 0.227 e. The highest BCUT2D eigenvalue weighted by Crippen LogP contribution is 2.18. The van der Waals surface area contributed by atoms with Crippen LogP contribution >= 0.6 is 0 Å². The zero-order valence-electron chi connectivity index (χ0n) is 12.2. The molecule has 116 valence electrons. The van der Waals surface area contributed by atoms with E-state index in [1.54, 1.807) is 12.5 Å². The molecule has 1 fully saturated rings. The van der Waals surface area contributed by atoms with Crippen LogP contribution in [0, 0.1) is 5.92 Å². The summed E-state index contributed by atoms with van der Waals surface area (Å²) in [6, 6.07) is 7.42. The highest BCUT2D eigenvalue weighted by molar-refractivity contribution is 5.92. The van der Waals surface area contributed by atoms with Gasteiger partial charge in [-0.05, 0) is 37.1 Å². The number of nitrogens with one attached hydrogen (secondary N) is 2. The van der Waals surface area contributed by atoms with Crippen LogP contribution in [0.3, 0.4) is 0 Å². The molecule has 1 amide bonds. The number of ether oxygens (including phenoxy) is 1. The Morgan fingerprint density at radius 2 is 2.14 bits per heavy atom. The first-order chi connectivity index (χ1) is 10.8. The molecule has 2 N–H and O–H groups in total. The van der Waals surface area contributed by atoms with Gasteiger partial charge in [-0.1, -0.05) is 0 Å². The fraction of sp³-hybridized carbons (Fsp3) is 0.375. The standard InChI is InChI=1S/C16H19N3O3/c20-16(12-5-8-21-9-6-12)19-13-3-4-15(17-10-13)18-11-14-2-1-7-22-14/h1-4,7,10,12H,5-6,8-9,11H2,(H,17,18)(H,19,20). The minimum Gasteiger partial charge on any atom is -0.467 e. The lowest BCUT2D eigenvalue weighted by Crippen LogP contribution is -2.28. The topological polar surface area (TPSA) is 76.4 Å². The molecule has 6 nitrogen and oxygen atoms in total. The molecule has 0 radical (unpaired) electrons. The van der Waals surface area contributed by atoms with Crippen LogP contribution < -0.4 is 10.6 Å². The van der Waals surface area contributed by atoms with Crippen LogP contribution in [0.1, 0.15) is 18.6 Å². The number of aromatic nitrogens is 1.